The molecule has 2 heterocycles. The molecule has 108 valence electrons. The van der Waals surface area contributed by atoms with E-state index < -0.39 is 0 Å². The van der Waals surface area contributed by atoms with Gasteiger partial charge in [0.25, 0.3) is 0 Å². The molecule has 0 aliphatic carbocycles. The minimum atomic E-state index is -0.0556. The fourth-order valence-corrected chi connectivity index (χ4v) is 3.16. The Morgan fingerprint density at radius 2 is 1.85 bits per heavy atom. The third-order valence-electron chi connectivity index (χ3n) is 4.20. The summed E-state index contributed by atoms with van der Waals surface area (Å²) in [5.74, 6) is 1.16. The third kappa shape index (κ3) is 2.59. The summed E-state index contributed by atoms with van der Waals surface area (Å²) < 4.78 is 5.58. The number of anilines is 1. The Hall–Kier alpha value is -1.35. The first-order valence-electron chi connectivity index (χ1n) is 7.52. The van der Waals surface area contributed by atoms with E-state index in [2.05, 4.69) is 50.4 Å². The lowest BCUT2D eigenvalue weighted by atomic mass is 9.71. The second kappa shape index (κ2) is 4.88. The lowest BCUT2D eigenvalue weighted by Gasteiger charge is -2.43. The lowest BCUT2D eigenvalue weighted by molar-refractivity contribution is 0.0446. The second-order valence-electron chi connectivity index (χ2n) is 6.98. The van der Waals surface area contributed by atoms with Gasteiger partial charge in [0.05, 0.1) is 5.54 Å². The second-order valence-corrected chi connectivity index (χ2v) is 6.98. The van der Waals surface area contributed by atoms with Crippen molar-refractivity contribution in [3.63, 3.8) is 0 Å². The van der Waals surface area contributed by atoms with Crippen molar-refractivity contribution in [3.8, 4) is 0 Å². The van der Waals surface area contributed by atoms with Crippen molar-refractivity contribution in [2.45, 2.75) is 45.6 Å². The van der Waals surface area contributed by atoms with Crippen LogP contribution in [0.3, 0.4) is 0 Å². The highest BCUT2D eigenvalue weighted by atomic mass is 16.5. The van der Waals surface area contributed by atoms with Crippen LogP contribution in [0.4, 0.5) is 5.69 Å². The Bertz CT molecular complexity index is 522. The normalized spacial score (nSPS) is 23.4. The van der Waals surface area contributed by atoms with E-state index in [-0.39, 0.29) is 11.0 Å². The molecule has 3 nitrogen and oxygen atoms in total. The first-order chi connectivity index (χ1) is 9.49. The van der Waals surface area contributed by atoms with E-state index in [1.807, 2.05) is 0 Å². The summed E-state index contributed by atoms with van der Waals surface area (Å²) in [5, 5.41) is 3.61. The van der Waals surface area contributed by atoms with Crippen molar-refractivity contribution < 1.29 is 4.74 Å². The van der Waals surface area contributed by atoms with Gasteiger partial charge in [0, 0.05) is 24.3 Å². The van der Waals surface area contributed by atoms with Gasteiger partial charge in [0.1, 0.15) is 5.84 Å². The summed E-state index contributed by atoms with van der Waals surface area (Å²) >= 11 is 0. The molecule has 2 aliphatic heterocycles. The van der Waals surface area contributed by atoms with Crippen LogP contribution in [0.2, 0.25) is 0 Å². The van der Waals surface area contributed by atoms with Crippen LogP contribution in [-0.2, 0) is 11.2 Å². The summed E-state index contributed by atoms with van der Waals surface area (Å²) in [4.78, 5) is 4.99. The molecule has 3 heteroatoms. The summed E-state index contributed by atoms with van der Waals surface area (Å²) in [6.07, 6.45) is 3.20. The number of benzene rings is 1. The molecule has 0 saturated carbocycles. The molecule has 3 rings (SSSR count). The molecule has 1 fully saturated rings. The maximum Gasteiger partial charge on any atom is 0.108 e. The molecule has 0 bridgehead atoms. The number of fused-ring (bicyclic) bond motifs is 1. The zero-order valence-electron chi connectivity index (χ0n) is 12.7. The van der Waals surface area contributed by atoms with Gasteiger partial charge in [-0.15, -0.1) is 0 Å². The first kappa shape index (κ1) is 13.6. The highest BCUT2D eigenvalue weighted by molar-refractivity contribution is 6.02. The Morgan fingerprint density at radius 3 is 2.55 bits per heavy atom. The molecule has 1 aromatic carbocycles. The Balaban J connectivity index is 2.03. The maximum atomic E-state index is 5.58. The molecular weight excluding hydrogens is 248 g/mol. The van der Waals surface area contributed by atoms with Gasteiger partial charge in [-0.1, -0.05) is 18.2 Å². The highest BCUT2D eigenvalue weighted by Gasteiger charge is 2.42. The Kier molecular flexibility index (Phi) is 3.33. The van der Waals surface area contributed by atoms with Gasteiger partial charge in [-0.25, -0.2) is 0 Å². The quantitative estimate of drug-likeness (QED) is 0.782. The van der Waals surface area contributed by atoms with Crippen LogP contribution < -0.4 is 5.32 Å². The van der Waals surface area contributed by atoms with Gasteiger partial charge in [0.15, 0.2) is 0 Å². The van der Waals surface area contributed by atoms with E-state index in [9.17, 15) is 0 Å². The van der Waals surface area contributed by atoms with Crippen LogP contribution in [0.1, 0.15) is 39.2 Å². The molecule has 0 atom stereocenters. The van der Waals surface area contributed by atoms with Gasteiger partial charge in [-0.05, 0) is 51.7 Å². The van der Waals surface area contributed by atoms with Crippen LogP contribution in [0, 0.1) is 5.41 Å². The summed E-state index contributed by atoms with van der Waals surface area (Å²) in [7, 11) is 0. The van der Waals surface area contributed by atoms with Gasteiger partial charge in [-0.2, -0.15) is 0 Å². The van der Waals surface area contributed by atoms with Crippen molar-refractivity contribution in [2.75, 3.05) is 18.5 Å². The molecule has 1 N–H and O–H groups in total. The molecule has 0 radical (unpaired) electrons. The number of hydrogen-bond acceptors (Lipinski definition) is 2. The molecule has 1 spiro atoms. The van der Waals surface area contributed by atoms with Crippen molar-refractivity contribution in [3.05, 3.63) is 29.8 Å². The van der Waals surface area contributed by atoms with Crippen LogP contribution in [0.25, 0.3) is 0 Å². The van der Waals surface area contributed by atoms with Crippen LogP contribution in [0.5, 0.6) is 0 Å². The minimum Gasteiger partial charge on any atom is -0.381 e. The highest BCUT2D eigenvalue weighted by Crippen LogP contribution is 2.42. The largest absolute Gasteiger partial charge is 0.381 e. The van der Waals surface area contributed by atoms with Crippen LogP contribution >= 0.6 is 0 Å². The Morgan fingerprint density at radius 1 is 1.15 bits per heavy atom. The van der Waals surface area contributed by atoms with E-state index in [0.717, 1.165) is 38.3 Å². The number of aliphatic imine (C=N–C) groups is 1. The first-order valence-corrected chi connectivity index (χ1v) is 7.52. The van der Waals surface area contributed by atoms with Gasteiger partial charge in [0.2, 0.25) is 0 Å². The van der Waals surface area contributed by atoms with E-state index in [1.54, 1.807) is 0 Å². The van der Waals surface area contributed by atoms with E-state index in [4.69, 9.17) is 9.73 Å². The van der Waals surface area contributed by atoms with Gasteiger partial charge >= 0.3 is 0 Å². The maximum absolute atomic E-state index is 5.58. The smallest absolute Gasteiger partial charge is 0.108 e. The predicted octanol–water partition coefficient (Wildman–Crippen LogP) is 3.65. The summed E-state index contributed by atoms with van der Waals surface area (Å²) in [5.41, 5.74) is 2.70. The monoisotopic (exact) mass is 272 g/mol. The average Bonchev–Trinajstić information content (AvgIpc) is 2.39. The number of rotatable bonds is 0. The summed E-state index contributed by atoms with van der Waals surface area (Å²) in [6, 6.07) is 8.59. The lowest BCUT2D eigenvalue weighted by Crippen LogP contribution is -2.46. The van der Waals surface area contributed by atoms with Crippen LogP contribution in [0.15, 0.2) is 29.3 Å². The molecule has 0 aromatic heterocycles. The number of nitrogens with zero attached hydrogens (tertiary/aromatic N) is 1. The number of nitrogens with one attached hydrogen (secondary N) is 1. The standard InChI is InChI=1S/C17H24N2O/c1-16(2,3)19-15-17(8-10-20-11-9-17)12-13-6-4-5-7-14(13)18-15/h4-7H,8-12H2,1-3H3,(H,18,19). The molecule has 1 saturated heterocycles. The fraction of sp³-hybridized carbons (Fsp3) is 0.588. The third-order valence-corrected chi connectivity index (χ3v) is 4.20. The van der Waals surface area contributed by atoms with Crippen LogP contribution in [-0.4, -0.2) is 24.6 Å². The number of ether oxygens (including phenoxy) is 1. The predicted molar refractivity (Wildman–Crippen MR) is 83.4 cm³/mol. The average molecular weight is 272 g/mol. The molecule has 0 amide bonds. The molecule has 2 aliphatic rings. The molecule has 20 heavy (non-hydrogen) atoms. The molecule has 1 aromatic rings. The zero-order valence-corrected chi connectivity index (χ0v) is 12.7. The van der Waals surface area contributed by atoms with E-state index in [1.165, 1.54) is 11.3 Å². The van der Waals surface area contributed by atoms with Crippen molar-refractivity contribution in [1.82, 2.24) is 0 Å². The molecular formula is C17H24N2O. The fourth-order valence-electron chi connectivity index (χ4n) is 3.16. The number of amidine groups is 1. The van der Waals surface area contributed by atoms with Crippen molar-refractivity contribution in [1.29, 1.82) is 0 Å². The number of hydrogen-bond donors (Lipinski definition) is 1. The summed E-state index contributed by atoms with van der Waals surface area (Å²) in [6.45, 7) is 8.17. The zero-order chi connectivity index (χ0) is 14.2. The van der Waals surface area contributed by atoms with Gasteiger partial charge < -0.3 is 10.1 Å². The van der Waals surface area contributed by atoms with E-state index >= 15 is 0 Å². The van der Waals surface area contributed by atoms with Gasteiger partial charge in [-0.3, -0.25) is 4.99 Å². The minimum absolute atomic E-state index is 0.0556. The topological polar surface area (TPSA) is 33.6 Å². The van der Waals surface area contributed by atoms with Crippen molar-refractivity contribution >= 4 is 11.5 Å². The SMILES string of the molecule is CC(C)(C)N=C1Nc2ccccc2CC12CCOCC2. The number of para-hydroxylation sites is 1. The molecule has 0 unspecified atom stereocenters. The Labute approximate surface area is 121 Å². The van der Waals surface area contributed by atoms with E-state index in [0.29, 0.717) is 0 Å². The van der Waals surface area contributed by atoms with Crippen molar-refractivity contribution in [2.24, 2.45) is 10.4 Å².